The van der Waals surface area contributed by atoms with Crippen LogP contribution in [-0.4, -0.2) is 30.1 Å². The van der Waals surface area contributed by atoms with Crippen molar-refractivity contribution in [1.29, 1.82) is 0 Å². The van der Waals surface area contributed by atoms with Gasteiger partial charge in [-0.2, -0.15) is 0 Å². The summed E-state index contributed by atoms with van der Waals surface area (Å²) in [6.45, 7) is 4.08. The molecule has 1 aromatic heterocycles. The number of nitrogens with one attached hydrogen (secondary N) is 1. The molecule has 1 heterocycles. The third kappa shape index (κ3) is 3.55. The van der Waals surface area contributed by atoms with E-state index in [0.717, 1.165) is 5.56 Å². The molecule has 0 saturated heterocycles. The van der Waals surface area contributed by atoms with E-state index < -0.39 is 5.97 Å². The van der Waals surface area contributed by atoms with E-state index >= 15 is 0 Å². The van der Waals surface area contributed by atoms with E-state index in [2.05, 4.69) is 4.98 Å². The van der Waals surface area contributed by atoms with Crippen molar-refractivity contribution in [2.24, 2.45) is 0 Å². The number of ether oxygens (including phenoxy) is 2. The molecule has 0 radical (unpaired) electrons. The fourth-order valence-corrected chi connectivity index (χ4v) is 2.24. The summed E-state index contributed by atoms with van der Waals surface area (Å²) in [6.07, 6.45) is 1.69. The number of aromatic nitrogens is 1. The molecular weight excluding hydrogens is 282 g/mol. The summed E-state index contributed by atoms with van der Waals surface area (Å²) in [5.74, 6) is -0.812. The van der Waals surface area contributed by atoms with E-state index in [1.807, 2.05) is 30.3 Å². The number of H-pyrrole nitrogens is 1. The van der Waals surface area contributed by atoms with Crippen molar-refractivity contribution in [1.82, 2.24) is 4.98 Å². The lowest BCUT2D eigenvalue weighted by Gasteiger charge is -2.07. The molecule has 0 bridgehead atoms. The minimum Gasteiger partial charge on any atom is -0.466 e. The van der Waals surface area contributed by atoms with Crippen LogP contribution >= 0.6 is 0 Å². The number of benzene rings is 1. The molecule has 5 nitrogen and oxygen atoms in total. The fraction of sp³-hybridized carbons (Fsp3) is 0.294. The molecule has 0 spiro atoms. The van der Waals surface area contributed by atoms with Crippen LogP contribution in [0.3, 0.4) is 0 Å². The van der Waals surface area contributed by atoms with Gasteiger partial charge >= 0.3 is 11.9 Å². The average molecular weight is 301 g/mol. The number of esters is 2. The maximum atomic E-state index is 12.3. The van der Waals surface area contributed by atoms with E-state index in [1.165, 1.54) is 0 Å². The van der Waals surface area contributed by atoms with Crippen LogP contribution < -0.4 is 0 Å². The van der Waals surface area contributed by atoms with Gasteiger partial charge in [0, 0.05) is 6.20 Å². The Kier molecular flexibility index (Phi) is 5.36. The second-order valence-corrected chi connectivity index (χ2v) is 4.63. The topological polar surface area (TPSA) is 68.4 Å². The highest BCUT2D eigenvalue weighted by Gasteiger charge is 2.22. The molecule has 1 aromatic carbocycles. The van der Waals surface area contributed by atoms with Crippen molar-refractivity contribution in [3.05, 3.63) is 47.7 Å². The van der Waals surface area contributed by atoms with Crippen molar-refractivity contribution in [2.75, 3.05) is 13.2 Å². The van der Waals surface area contributed by atoms with Crippen LogP contribution in [0.1, 0.15) is 29.8 Å². The summed E-state index contributed by atoms with van der Waals surface area (Å²) < 4.78 is 10.1. The summed E-state index contributed by atoms with van der Waals surface area (Å²) in [5.41, 5.74) is 2.48. The van der Waals surface area contributed by atoms with Crippen molar-refractivity contribution in [2.45, 2.75) is 20.3 Å². The highest BCUT2D eigenvalue weighted by molar-refractivity contribution is 5.99. The highest BCUT2D eigenvalue weighted by atomic mass is 16.5. The Morgan fingerprint density at radius 2 is 1.73 bits per heavy atom. The van der Waals surface area contributed by atoms with Crippen molar-refractivity contribution >= 4 is 11.9 Å². The number of aromatic amines is 1. The highest BCUT2D eigenvalue weighted by Crippen LogP contribution is 2.26. The number of rotatable bonds is 6. The summed E-state index contributed by atoms with van der Waals surface area (Å²) >= 11 is 0. The van der Waals surface area contributed by atoms with Gasteiger partial charge in [0.2, 0.25) is 0 Å². The molecule has 2 aromatic rings. The third-order valence-electron chi connectivity index (χ3n) is 3.14. The molecule has 2 rings (SSSR count). The largest absolute Gasteiger partial charge is 0.466 e. The molecule has 5 heteroatoms. The predicted octanol–water partition coefficient (Wildman–Crippen LogP) is 2.96. The van der Waals surface area contributed by atoms with E-state index in [0.29, 0.717) is 23.4 Å². The third-order valence-corrected chi connectivity index (χ3v) is 3.14. The monoisotopic (exact) mass is 301 g/mol. The zero-order valence-electron chi connectivity index (χ0n) is 12.7. The van der Waals surface area contributed by atoms with Crippen molar-refractivity contribution < 1.29 is 19.1 Å². The summed E-state index contributed by atoms with van der Waals surface area (Å²) in [5, 5.41) is 0. The molecule has 1 N–H and O–H groups in total. The van der Waals surface area contributed by atoms with Crippen LogP contribution in [0.4, 0.5) is 0 Å². The zero-order chi connectivity index (χ0) is 15.9. The van der Waals surface area contributed by atoms with Gasteiger partial charge in [0.25, 0.3) is 0 Å². The standard InChI is InChI=1S/C17H19NO4/c1-3-21-14(19)10-13-11-18-16(12-8-6-5-7-9-12)15(13)17(20)22-4-2/h5-9,11,18H,3-4,10H2,1-2H3. The Balaban J connectivity index is 2.40. The summed E-state index contributed by atoms with van der Waals surface area (Å²) in [4.78, 5) is 27.0. The Bertz CT molecular complexity index is 646. The average Bonchev–Trinajstić information content (AvgIpc) is 2.92. The first-order valence-electron chi connectivity index (χ1n) is 7.25. The van der Waals surface area contributed by atoms with Crippen LogP contribution in [0.2, 0.25) is 0 Å². The molecule has 116 valence electrons. The molecular formula is C17H19NO4. The molecule has 0 saturated carbocycles. The second kappa shape index (κ2) is 7.45. The van der Waals surface area contributed by atoms with Gasteiger partial charge in [-0.05, 0) is 25.0 Å². The molecule has 0 aliphatic carbocycles. The quantitative estimate of drug-likeness (QED) is 0.833. The fourth-order valence-electron chi connectivity index (χ4n) is 2.24. The van der Waals surface area contributed by atoms with Gasteiger partial charge in [-0.1, -0.05) is 30.3 Å². The van der Waals surface area contributed by atoms with Gasteiger partial charge in [0.15, 0.2) is 0 Å². The number of carbonyl (C=O) groups is 2. The Morgan fingerprint density at radius 3 is 2.36 bits per heavy atom. The maximum absolute atomic E-state index is 12.3. The lowest BCUT2D eigenvalue weighted by atomic mass is 10.0. The van der Waals surface area contributed by atoms with E-state index in [1.54, 1.807) is 20.0 Å². The normalized spacial score (nSPS) is 10.3. The maximum Gasteiger partial charge on any atom is 0.340 e. The van der Waals surface area contributed by atoms with Crippen molar-refractivity contribution in [3.63, 3.8) is 0 Å². The van der Waals surface area contributed by atoms with Crippen LogP contribution in [0.5, 0.6) is 0 Å². The molecule has 0 aliphatic heterocycles. The van der Waals surface area contributed by atoms with E-state index in [-0.39, 0.29) is 19.0 Å². The molecule has 22 heavy (non-hydrogen) atoms. The second-order valence-electron chi connectivity index (χ2n) is 4.63. The lowest BCUT2D eigenvalue weighted by molar-refractivity contribution is -0.142. The number of carbonyl (C=O) groups excluding carboxylic acids is 2. The van der Waals surface area contributed by atoms with Gasteiger partial charge in [-0.25, -0.2) is 4.79 Å². The van der Waals surface area contributed by atoms with Crippen LogP contribution in [0.15, 0.2) is 36.5 Å². The Labute approximate surface area is 129 Å². The first-order valence-corrected chi connectivity index (χ1v) is 7.25. The lowest BCUT2D eigenvalue weighted by Crippen LogP contribution is -2.12. The van der Waals surface area contributed by atoms with Crippen molar-refractivity contribution in [3.8, 4) is 11.3 Å². The van der Waals surface area contributed by atoms with Gasteiger partial charge in [0.05, 0.1) is 30.9 Å². The van der Waals surface area contributed by atoms with Gasteiger partial charge in [-0.15, -0.1) is 0 Å². The van der Waals surface area contributed by atoms with Crippen LogP contribution in [0, 0.1) is 0 Å². The predicted molar refractivity (Wildman–Crippen MR) is 82.5 cm³/mol. The zero-order valence-corrected chi connectivity index (χ0v) is 12.7. The molecule has 0 atom stereocenters. The Hall–Kier alpha value is -2.56. The molecule has 0 aliphatic rings. The molecule has 0 unspecified atom stereocenters. The number of hydrogen-bond donors (Lipinski definition) is 1. The number of hydrogen-bond acceptors (Lipinski definition) is 4. The first kappa shape index (κ1) is 15.8. The Morgan fingerprint density at radius 1 is 1.05 bits per heavy atom. The summed E-state index contributed by atoms with van der Waals surface area (Å²) in [7, 11) is 0. The SMILES string of the molecule is CCOC(=O)Cc1c[nH]c(-c2ccccc2)c1C(=O)OCC. The minimum absolute atomic E-state index is 0.0331. The molecule has 0 amide bonds. The smallest absolute Gasteiger partial charge is 0.340 e. The van der Waals surface area contributed by atoms with Crippen LogP contribution in [-0.2, 0) is 20.7 Å². The van der Waals surface area contributed by atoms with E-state index in [4.69, 9.17) is 9.47 Å². The first-order chi connectivity index (χ1) is 10.7. The van der Waals surface area contributed by atoms with Gasteiger partial charge < -0.3 is 14.5 Å². The van der Waals surface area contributed by atoms with Gasteiger partial charge in [0.1, 0.15) is 0 Å². The minimum atomic E-state index is -0.443. The summed E-state index contributed by atoms with van der Waals surface area (Å²) in [6, 6.07) is 9.45. The van der Waals surface area contributed by atoms with E-state index in [9.17, 15) is 9.59 Å². The molecule has 0 fully saturated rings. The van der Waals surface area contributed by atoms with Crippen LogP contribution in [0.25, 0.3) is 11.3 Å². The van der Waals surface area contributed by atoms with Gasteiger partial charge in [-0.3, -0.25) is 4.79 Å².